The van der Waals surface area contributed by atoms with Gasteiger partial charge in [0.25, 0.3) is 0 Å². The molecule has 2 aliphatic rings. The topological polar surface area (TPSA) is 52.6 Å². The molecule has 2 fully saturated rings. The first-order valence-electron chi connectivity index (χ1n) is 8.62. The minimum absolute atomic E-state index is 0.0865. The first-order valence-corrected chi connectivity index (χ1v) is 8.62. The van der Waals surface area contributed by atoms with E-state index in [-0.39, 0.29) is 5.92 Å². The van der Waals surface area contributed by atoms with Gasteiger partial charge in [-0.15, -0.1) is 0 Å². The summed E-state index contributed by atoms with van der Waals surface area (Å²) in [6.45, 7) is 3.47. The number of aromatic nitrogens is 2. The van der Waals surface area contributed by atoms with E-state index in [0.717, 1.165) is 57.8 Å². The summed E-state index contributed by atoms with van der Waals surface area (Å²) >= 11 is 0. The Kier molecular flexibility index (Phi) is 5.10. The Morgan fingerprint density at radius 3 is 2.48 bits per heavy atom. The number of carbonyl (C=O) groups excluding carboxylic acids is 1. The molecule has 1 aromatic heterocycles. The van der Waals surface area contributed by atoms with Crippen LogP contribution in [0, 0.1) is 5.92 Å². The van der Waals surface area contributed by atoms with E-state index in [9.17, 15) is 4.79 Å². The fourth-order valence-electron chi connectivity index (χ4n) is 3.68. The van der Waals surface area contributed by atoms with Crippen molar-refractivity contribution < 1.29 is 4.79 Å². The molecule has 6 heteroatoms. The van der Waals surface area contributed by atoms with E-state index >= 15 is 0 Å². The molecule has 2 saturated heterocycles. The van der Waals surface area contributed by atoms with E-state index in [1.54, 1.807) is 12.4 Å². The van der Waals surface area contributed by atoms with Gasteiger partial charge in [0.05, 0.1) is 5.92 Å². The Labute approximate surface area is 138 Å². The minimum Gasteiger partial charge on any atom is -0.342 e. The van der Waals surface area contributed by atoms with Crippen molar-refractivity contribution in [3.05, 3.63) is 18.5 Å². The van der Waals surface area contributed by atoms with E-state index in [1.165, 1.54) is 0 Å². The van der Waals surface area contributed by atoms with Gasteiger partial charge < -0.3 is 14.7 Å². The summed E-state index contributed by atoms with van der Waals surface area (Å²) < 4.78 is 0. The van der Waals surface area contributed by atoms with Gasteiger partial charge >= 0.3 is 0 Å². The first-order chi connectivity index (χ1) is 11.1. The fraction of sp³-hybridized carbons (Fsp3) is 0.706. The molecular weight excluding hydrogens is 290 g/mol. The third kappa shape index (κ3) is 3.80. The van der Waals surface area contributed by atoms with Crippen LogP contribution in [0.3, 0.4) is 0 Å². The number of amides is 1. The maximum Gasteiger partial charge on any atom is 0.227 e. The molecule has 3 heterocycles. The van der Waals surface area contributed by atoms with E-state index in [0.29, 0.717) is 11.9 Å². The van der Waals surface area contributed by atoms with Crippen molar-refractivity contribution in [2.45, 2.75) is 31.7 Å². The number of carbonyl (C=O) groups is 1. The van der Waals surface area contributed by atoms with Crippen molar-refractivity contribution in [2.75, 3.05) is 45.2 Å². The Bertz CT molecular complexity index is 513. The van der Waals surface area contributed by atoms with Crippen molar-refractivity contribution in [2.24, 2.45) is 5.92 Å². The van der Waals surface area contributed by atoms with Crippen molar-refractivity contribution >= 4 is 11.9 Å². The third-order valence-electron chi connectivity index (χ3n) is 5.11. The minimum atomic E-state index is 0.0865. The van der Waals surface area contributed by atoms with Crippen molar-refractivity contribution in [1.82, 2.24) is 19.8 Å². The van der Waals surface area contributed by atoms with Crippen LogP contribution in [0.25, 0.3) is 0 Å². The molecule has 2 aliphatic heterocycles. The van der Waals surface area contributed by atoms with Gasteiger partial charge in [0.15, 0.2) is 0 Å². The fourth-order valence-corrected chi connectivity index (χ4v) is 3.68. The van der Waals surface area contributed by atoms with Gasteiger partial charge in [0.1, 0.15) is 0 Å². The molecule has 0 N–H and O–H groups in total. The van der Waals surface area contributed by atoms with Gasteiger partial charge in [-0.25, -0.2) is 9.97 Å². The quantitative estimate of drug-likeness (QED) is 0.840. The average molecular weight is 317 g/mol. The Hall–Kier alpha value is -1.69. The molecule has 0 aliphatic carbocycles. The summed E-state index contributed by atoms with van der Waals surface area (Å²) in [6, 6.07) is 2.44. The van der Waals surface area contributed by atoms with Crippen molar-refractivity contribution in [1.29, 1.82) is 0 Å². The highest BCUT2D eigenvalue weighted by Gasteiger charge is 2.32. The van der Waals surface area contributed by atoms with Crippen LogP contribution in [0.4, 0.5) is 5.95 Å². The molecule has 1 aromatic rings. The standard InChI is InChI=1S/C17H27N5O/c1-20(2)15-6-11-21(12-7-15)16(23)14-5-3-10-22(13-14)17-18-8-4-9-19-17/h4,8-9,14-15H,3,5-7,10-13H2,1-2H3. The van der Waals surface area contributed by atoms with Crippen LogP contribution in [-0.4, -0.2) is 72.0 Å². The van der Waals surface area contributed by atoms with Crippen LogP contribution in [0.5, 0.6) is 0 Å². The SMILES string of the molecule is CN(C)C1CCN(C(=O)C2CCCN(c3ncccn3)C2)CC1. The number of hydrogen-bond acceptors (Lipinski definition) is 5. The number of rotatable bonds is 3. The van der Waals surface area contributed by atoms with Crippen LogP contribution in [0.15, 0.2) is 18.5 Å². The largest absolute Gasteiger partial charge is 0.342 e. The zero-order valence-corrected chi connectivity index (χ0v) is 14.2. The highest BCUT2D eigenvalue weighted by atomic mass is 16.2. The van der Waals surface area contributed by atoms with Gasteiger partial charge in [-0.05, 0) is 45.8 Å². The average Bonchev–Trinajstić information content (AvgIpc) is 2.62. The number of likely N-dealkylation sites (tertiary alicyclic amines) is 1. The molecule has 3 rings (SSSR count). The van der Waals surface area contributed by atoms with E-state index in [2.05, 4.69) is 38.8 Å². The number of hydrogen-bond donors (Lipinski definition) is 0. The van der Waals surface area contributed by atoms with Gasteiger partial charge in [0, 0.05) is 44.6 Å². The summed E-state index contributed by atoms with van der Waals surface area (Å²) in [5.41, 5.74) is 0. The lowest BCUT2D eigenvalue weighted by molar-refractivity contribution is -0.137. The van der Waals surface area contributed by atoms with Crippen LogP contribution in [0.1, 0.15) is 25.7 Å². The lowest BCUT2D eigenvalue weighted by Gasteiger charge is -2.39. The molecule has 0 radical (unpaired) electrons. The zero-order chi connectivity index (χ0) is 16.2. The van der Waals surface area contributed by atoms with Gasteiger partial charge in [-0.1, -0.05) is 0 Å². The van der Waals surface area contributed by atoms with Crippen molar-refractivity contribution in [3.8, 4) is 0 Å². The molecule has 1 atom stereocenters. The normalized spacial score (nSPS) is 23.3. The molecule has 0 bridgehead atoms. The Balaban J connectivity index is 1.57. The van der Waals surface area contributed by atoms with Crippen LogP contribution >= 0.6 is 0 Å². The van der Waals surface area contributed by atoms with Gasteiger partial charge in [-0.3, -0.25) is 4.79 Å². The molecule has 23 heavy (non-hydrogen) atoms. The van der Waals surface area contributed by atoms with Crippen LogP contribution < -0.4 is 4.90 Å². The maximum atomic E-state index is 12.9. The van der Waals surface area contributed by atoms with E-state index < -0.39 is 0 Å². The second-order valence-electron chi connectivity index (χ2n) is 6.85. The number of nitrogens with zero attached hydrogens (tertiary/aromatic N) is 5. The zero-order valence-electron chi connectivity index (χ0n) is 14.2. The summed E-state index contributed by atoms with van der Waals surface area (Å²) in [6.07, 6.45) is 7.70. The smallest absolute Gasteiger partial charge is 0.227 e. The van der Waals surface area contributed by atoms with Crippen molar-refractivity contribution in [3.63, 3.8) is 0 Å². The summed E-state index contributed by atoms with van der Waals surface area (Å²) in [4.78, 5) is 28.0. The lowest BCUT2D eigenvalue weighted by Crippen LogP contribution is -2.49. The molecule has 0 spiro atoms. The molecular formula is C17H27N5O. The van der Waals surface area contributed by atoms with E-state index in [4.69, 9.17) is 0 Å². The predicted molar refractivity (Wildman–Crippen MR) is 90.3 cm³/mol. The summed E-state index contributed by atoms with van der Waals surface area (Å²) in [5.74, 6) is 1.16. The summed E-state index contributed by atoms with van der Waals surface area (Å²) in [5, 5.41) is 0. The Morgan fingerprint density at radius 1 is 1.13 bits per heavy atom. The van der Waals surface area contributed by atoms with Crippen LogP contribution in [-0.2, 0) is 4.79 Å². The third-order valence-corrected chi connectivity index (χ3v) is 5.11. The predicted octanol–water partition coefficient (Wildman–Crippen LogP) is 1.25. The molecule has 1 unspecified atom stereocenters. The van der Waals surface area contributed by atoms with Gasteiger partial charge in [0.2, 0.25) is 11.9 Å². The van der Waals surface area contributed by atoms with E-state index in [1.807, 2.05) is 6.07 Å². The monoisotopic (exact) mass is 317 g/mol. The second-order valence-corrected chi connectivity index (χ2v) is 6.85. The lowest BCUT2D eigenvalue weighted by atomic mass is 9.95. The van der Waals surface area contributed by atoms with Crippen LogP contribution in [0.2, 0.25) is 0 Å². The highest BCUT2D eigenvalue weighted by molar-refractivity contribution is 5.79. The molecule has 0 aromatic carbocycles. The first kappa shape index (κ1) is 16.2. The number of piperidine rings is 2. The Morgan fingerprint density at radius 2 is 1.83 bits per heavy atom. The summed E-state index contributed by atoms with van der Waals surface area (Å²) in [7, 11) is 4.25. The highest BCUT2D eigenvalue weighted by Crippen LogP contribution is 2.24. The van der Waals surface area contributed by atoms with Gasteiger partial charge in [-0.2, -0.15) is 0 Å². The number of anilines is 1. The molecule has 126 valence electrons. The second kappa shape index (κ2) is 7.25. The molecule has 6 nitrogen and oxygen atoms in total. The maximum absolute atomic E-state index is 12.9. The molecule has 1 amide bonds. The molecule has 0 saturated carbocycles.